The summed E-state index contributed by atoms with van der Waals surface area (Å²) < 4.78 is 33.4. The summed E-state index contributed by atoms with van der Waals surface area (Å²) in [7, 11) is -4.28. The lowest BCUT2D eigenvalue weighted by Crippen LogP contribution is -2.28. The average Bonchev–Trinajstić information content (AvgIpc) is 3.16. The predicted octanol–water partition coefficient (Wildman–Crippen LogP) is 13.2. The van der Waals surface area contributed by atoms with E-state index in [2.05, 4.69) is 62.5 Å². The highest BCUT2D eigenvalue weighted by molar-refractivity contribution is 7.47. The molecule has 0 aromatic rings. The number of nitrogens with two attached hydrogens (primary N) is 1. The van der Waals surface area contributed by atoms with Crippen LogP contribution in [0.5, 0.6) is 0 Å². The lowest BCUT2D eigenvalue weighted by Gasteiger charge is -2.20. The van der Waals surface area contributed by atoms with Crippen molar-refractivity contribution in [2.45, 2.75) is 200 Å². The Hall–Kier alpha value is -1.54. The number of hydrogen-bond donors (Lipinski definition) is 2. The second-order valence-corrected chi connectivity index (χ2v) is 16.0. The summed E-state index contributed by atoms with van der Waals surface area (Å²) in [5, 5.41) is 0. The molecular weight excluding hydrogens is 697 g/mol. The molecule has 0 radical (unpaired) electrons. The summed E-state index contributed by atoms with van der Waals surface area (Å²) in [6.45, 7) is 4.86. The number of rotatable bonds is 42. The molecule has 9 heteroatoms. The van der Waals surface area contributed by atoms with Crippen molar-refractivity contribution < 1.29 is 32.8 Å². The number of esters is 1. The number of phosphoric ester groups is 1. The summed E-state index contributed by atoms with van der Waals surface area (Å²) in [5.41, 5.74) is 5.37. The van der Waals surface area contributed by atoms with Crippen molar-refractivity contribution in [3.8, 4) is 0 Å². The van der Waals surface area contributed by atoms with Crippen molar-refractivity contribution in [3.63, 3.8) is 0 Å². The van der Waals surface area contributed by atoms with E-state index in [0.717, 1.165) is 57.8 Å². The van der Waals surface area contributed by atoms with Crippen LogP contribution < -0.4 is 5.73 Å². The van der Waals surface area contributed by atoms with Gasteiger partial charge in [0.2, 0.25) is 0 Å². The van der Waals surface area contributed by atoms with Crippen molar-refractivity contribution in [2.24, 2.45) is 5.73 Å². The minimum Gasteiger partial charge on any atom is -0.457 e. The van der Waals surface area contributed by atoms with Crippen molar-refractivity contribution in [3.05, 3.63) is 48.6 Å². The lowest BCUT2D eigenvalue weighted by molar-refractivity contribution is -0.154. The number of unbranched alkanes of at least 4 members (excludes halogenated alkanes) is 21. The average molecular weight is 782 g/mol. The van der Waals surface area contributed by atoms with E-state index in [9.17, 15) is 14.3 Å². The normalized spacial score (nSPS) is 13.9. The van der Waals surface area contributed by atoms with Gasteiger partial charge in [0.15, 0.2) is 0 Å². The Morgan fingerprint density at radius 1 is 0.556 bits per heavy atom. The number of allylic oxidation sites excluding steroid dienone is 8. The Balaban J connectivity index is 4.07. The molecule has 8 nitrogen and oxygen atoms in total. The molecule has 0 aliphatic carbocycles. The second-order valence-electron chi connectivity index (χ2n) is 14.6. The van der Waals surface area contributed by atoms with E-state index >= 15 is 0 Å². The largest absolute Gasteiger partial charge is 0.472 e. The van der Waals surface area contributed by atoms with E-state index in [-0.39, 0.29) is 32.3 Å². The summed E-state index contributed by atoms with van der Waals surface area (Å²) in [5.74, 6) is -0.345. The van der Waals surface area contributed by atoms with Crippen LogP contribution in [0, 0.1) is 0 Å². The van der Waals surface area contributed by atoms with Crippen LogP contribution >= 0.6 is 7.82 Å². The van der Waals surface area contributed by atoms with Crippen molar-refractivity contribution in [1.82, 2.24) is 0 Å². The molecule has 0 amide bonds. The Morgan fingerprint density at radius 2 is 0.981 bits per heavy atom. The Labute approximate surface area is 332 Å². The number of carbonyl (C=O) groups is 1. The molecule has 0 aromatic heterocycles. The molecule has 2 unspecified atom stereocenters. The predicted molar refractivity (Wildman–Crippen MR) is 229 cm³/mol. The molecule has 0 aliphatic rings. The molecule has 0 rings (SSSR count). The van der Waals surface area contributed by atoms with E-state index < -0.39 is 13.9 Å². The number of hydrogen-bond acceptors (Lipinski definition) is 7. The van der Waals surface area contributed by atoms with Gasteiger partial charge in [-0.3, -0.25) is 13.8 Å². The molecule has 0 aromatic carbocycles. The lowest BCUT2D eigenvalue weighted by atomic mass is 10.1. The maximum absolute atomic E-state index is 12.6. The van der Waals surface area contributed by atoms with Crippen molar-refractivity contribution in [2.75, 3.05) is 33.0 Å². The third-order valence-corrected chi connectivity index (χ3v) is 10.2. The van der Waals surface area contributed by atoms with Crippen LogP contribution in [-0.2, 0) is 27.9 Å². The van der Waals surface area contributed by atoms with Gasteiger partial charge in [0.05, 0.1) is 19.8 Å². The molecule has 0 saturated carbocycles. The molecule has 0 aliphatic heterocycles. The van der Waals surface area contributed by atoms with E-state index in [0.29, 0.717) is 13.0 Å². The van der Waals surface area contributed by atoms with Crippen LogP contribution in [0.2, 0.25) is 0 Å². The number of carbonyl (C=O) groups excluding carboxylic acids is 1. The topological polar surface area (TPSA) is 117 Å². The summed E-state index contributed by atoms with van der Waals surface area (Å²) in [6, 6.07) is 0. The van der Waals surface area contributed by atoms with Gasteiger partial charge in [-0.15, -0.1) is 0 Å². The fraction of sp³-hybridized carbons (Fsp3) is 0.800. The highest BCUT2D eigenvalue weighted by Gasteiger charge is 2.25. The molecule has 2 atom stereocenters. The zero-order valence-electron chi connectivity index (χ0n) is 35.0. The van der Waals surface area contributed by atoms with Gasteiger partial charge in [0.1, 0.15) is 6.10 Å². The molecule has 3 N–H and O–H groups in total. The third kappa shape index (κ3) is 41.6. The molecular formula is C45H84NO7P. The molecule has 0 saturated heterocycles. The smallest absolute Gasteiger partial charge is 0.457 e. The molecule has 0 heterocycles. The van der Waals surface area contributed by atoms with Gasteiger partial charge in [-0.25, -0.2) is 4.57 Å². The van der Waals surface area contributed by atoms with Gasteiger partial charge in [0.25, 0.3) is 0 Å². The first-order valence-electron chi connectivity index (χ1n) is 22.1. The first-order valence-corrected chi connectivity index (χ1v) is 23.6. The van der Waals surface area contributed by atoms with Gasteiger partial charge in [0, 0.05) is 19.6 Å². The van der Waals surface area contributed by atoms with Crippen LogP contribution in [0.25, 0.3) is 0 Å². The van der Waals surface area contributed by atoms with Gasteiger partial charge in [-0.2, -0.15) is 0 Å². The Morgan fingerprint density at radius 3 is 1.52 bits per heavy atom. The zero-order valence-corrected chi connectivity index (χ0v) is 35.8. The summed E-state index contributed by atoms with van der Waals surface area (Å²) in [6.07, 6.45) is 49.8. The van der Waals surface area contributed by atoms with E-state index in [1.54, 1.807) is 0 Å². The Bertz CT molecular complexity index is 968. The maximum atomic E-state index is 12.6. The first kappa shape index (κ1) is 52.5. The number of phosphoric acid groups is 1. The van der Waals surface area contributed by atoms with Crippen molar-refractivity contribution >= 4 is 13.8 Å². The van der Waals surface area contributed by atoms with E-state index in [1.165, 1.54) is 116 Å². The van der Waals surface area contributed by atoms with E-state index in [1.807, 2.05) is 0 Å². The second kappa shape index (κ2) is 42.6. The van der Waals surface area contributed by atoms with Gasteiger partial charge in [-0.1, -0.05) is 159 Å². The van der Waals surface area contributed by atoms with Crippen LogP contribution in [0.3, 0.4) is 0 Å². The molecule has 316 valence electrons. The van der Waals surface area contributed by atoms with Crippen LogP contribution in [0.1, 0.15) is 194 Å². The first-order chi connectivity index (χ1) is 26.4. The fourth-order valence-corrected chi connectivity index (χ4v) is 6.70. The molecule has 0 fully saturated rings. The zero-order chi connectivity index (χ0) is 39.5. The Kier molecular flexibility index (Phi) is 41.4. The van der Waals surface area contributed by atoms with Crippen LogP contribution in [0.15, 0.2) is 48.6 Å². The van der Waals surface area contributed by atoms with Crippen LogP contribution in [0.4, 0.5) is 0 Å². The highest BCUT2D eigenvalue weighted by atomic mass is 31.2. The summed E-state index contributed by atoms with van der Waals surface area (Å²) >= 11 is 0. The van der Waals surface area contributed by atoms with Gasteiger partial charge in [-0.05, 0) is 77.0 Å². The molecule has 54 heavy (non-hydrogen) atoms. The van der Waals surface area contributed by atoms with Crippen molar-refractivity contribution in [1.29, 1.82) is 0 Å². The standard InChI is InChI=1S/C45H84NO7P/c1-3-5-7-9-11-13-15-17-19-21-22-23-24-26-28-30-32-34-36-38-45(47)53-44(43-52-54(48,49)51-41-39-46)42-50-40-37-35-33-31-29-27-25-20-18-16-14-12-10-8-6-4-2/h11,13,17-20,22-23,44H,3-10,12,14-16,21,24-43,46H2,1-2H3,(H,48,49)/b13-11-,19-17-,20-18-,23-22-. The summed E-state index contributed by atoms with van der Waals surface area (Å²) in [4.78, 5) is 22.5. The van der Waals surface area contributed by atoms with Crippen LogP contribution in [-0.4, -0.2) is 49.9 Å². The molecule has 0 bridgehead atoms. The monoisotopic (exact) mass is 782 g/mol. The van der Waals surface area contributed by atoms with Gasteiger partial charge >= 0.3 is 13.8 Å². The minimum absolute atomic E-state index is 0.0957. The van der Waals surface area contributed by atoms with E-state index in [4.69, 9.17) is 24.3 Å². The third-order valence-electron chi connectivity index (χ3n) is 9.22. The molecule has 0 spiro atoms. The van der Waals surface area contributed by atoms with Gasteiger partial charge < -0.3 is 20.1 Å². The maximum Gasteiger partial charge on any atom is 0.472 e. The fourth-order valence-electron chi connectivity index (χ4n) is 5.94. The highest BCUT2D eigenvalue weighted by Crippen LogP contribution is 2.43. The SMILES string of the molecule is CCCCC/C=C\C/C=C\C/C=C\CCCCCCCCC(=O)OC(COCCCCCCCC/C=C\CCCCCCCC)COP(=O)(O)OCCN. The quantitative estimate of drug-likeness (QED) is 0.0272. The number of ether oxygens (including phenoxy) is 2. The minimum atomic E-state index is -4.28.